The van der Waals surface area contributed by atoms with E-state index in [9.17, 15) is 15.0 Å². The van der Waals surface area contributed by atoms with Crippen molar-refractivity contribution in [3.8, 4) is 0 Å². The number of ketones is 2. The van der Waals surface area contributed by atoms with Gasteiger partial charge < -0.3 is 29.2 Å². The third-order valence-corrected chi connectivity index (χ3v) is 22.4. The van der Waals surface area contributed by atoms with Crippen LogP contribution in [0.3, 0.4) is 0 Å². The van der Waals surface area contributed by atoms with Crippen LogP contribution in [0.4, 0.5) is 0 Å². The number of epoxide rings is 1. The van der Waals surface area contributed by atoms with Crippen molar-refractivity contribution in [3.05, 3.63) is 69.6 Å². The molecule has 7 fully saturated rings. The molecule has 8 heteroatoms. The predicted octanol–water partition coefficient (Wildman–Crippen LogP) is 11.9. The van der Waals surface area contributed by atoms with E-state index < -0.39 is 28.6 Å². The Morgan fingerprint density at radius 1 is 0.838 bits per heavy atom. The molecule has 5 heterocycles. The van der Waals surface area contributed by atoms with Crippen LogP contribution in [0, 0.1) is 50.7 Å². The molecule has 1 aromatic carbocycles. The maximum absolute atomic E-state index is 15.5. The number of hydrogen-bond donors (Lipinski definition) is 3. The number of carbonyl (C=O) groups excluding carboxylic acids is 2. The van der Waals surface area contributed by atoms with Gasteiger partial charge in [0.05, 0.1) is 28.8 Å². The first kappa shape index (κ1) is 46.1. The number of allylic oxidation sites excluding steroid dienone is 1. The Kier molecular flexibility index (Phi) is 10.8. The third kappa shape index (κ3) is 6.70. The lowest BCUT2D eigenvalue weighted by molar-refractivity contribution is -0.227. The van der Waals surface area contributed by atoms with E-state index >= 15 is 4.79 Å². The van der Waals surface area contributed by atoms with Crippen LogP contribution in [-0.4, -0.2) is 68.5 Å². The summed E-state index contributed by atoms with van der Waals surface area (Å²) in [5, 5.41) is 26.0. The summed E-state index contributed by atoms with van der Waals surface area (Å²) in [5.41, 5.74) is 8.90. The first-order valence-corrected chi connectivity index (χ1v) is 27.6. The molecule has 8 nitrogen and oxygen atoms in total. The van der Waals surface area contributed by atoms with E-state index in [1.165, 1.54) is 82.9 Å². The topological polar surface area (TPSA) is 117 Å². The Balaban J connectivity index is 0.999. The number of ether oxygens (including phenoxy) is 2. The number of hydrogen-bond acceptors (Lipinski definition) is 6. The average molecular weight is 927 g/mol. The molecule has 6 aliphatic carbocycles. The zero-order valence-corrected chi connectivity index (χ0v) is 42.6. The number of carbonyl (C=O) groups is 2. The maximum Gasteiger partial charge on any atom is 0.160 e. The van der Waals surface area contributed by atoms with Crippen LogP contribution in [-0.2, 0) is 38.4 Å². The van der Waals surface area contributed by atoms with E-state index in [0.29, 0.717) is 55.8 Å². The van der Waals surface area contributed by atoms with Gasteiger partial charge >= 0.3 is 0 Å². The molecule has 11 atom stereocenters. The Hall–Kier alpha value is -3.04. The molecule has 0 bridgehead atoms. The molecule has 3 N–H and O–H groups in total. The van der Waals surface area contributed by atoms with Crippen LogP contribution in [0.1, 0.15) is 197 Å². The van der Waals surface area contributed by atoms with Crippen molar-refractivity contribution in [1.82, 2.24) is 9.55 Å². The highest BCUT2D eigenvalue weighted by Gasteiger charge is 2.73. The zero-order chi connectivity index (χ0) is 47.3. The highest BCUT2D eigenvalue weighted by molar-refractivity contribution is 6.02. The Morgan fingerprint density at radius 3 is 2.21 bits per heavy atom. The van der Waals surface area contributed by atoms with Gasteiger partial charge in [-0.2, -0.15) is 0 Å². The molecule has 368 valence electrons. The molecule has 0 radical (unpaired) electrons. The number of benzene rings is 1. The Bertz CT molecular complexity index is 2550. The monoisotopic (exact) mass is 927 g/mol. The summed E-state index contributed by atoms with van der Waals surface area (Å²) >= 11 is 0. The summed E-state index contributed by atoms with van der Waals surface area (Å²) in [6, 6.07) is 7.57. The molecular formula is C60H82N2O6. The van der Waals surface area contributed by atoms with Gasteiger partial charge in [0, 0.05) is 73.7 Å². The lowest BCUT2D eigenvalue weighted by atomic mass is 9.33. The van der Waals surface area contributed by atoms with Crippen LogP contribution < -0.4 is 0 Å². The first-order chi connectivity index (χ1) is 32.4. The van der Waals surface area contributed by atoms with E-state index in [1.807, 2.05) is 0 Å². The van der Waals surface area contributed by atoms with Gasteiger partial charge in [-0.05, 0) is 170 Å². The average Bonchev–Trinajstić information content (AvgIpc) is 4.03. The third-order valence-electron chi connectivity index (χ3n) is 22.4. The largest absolute Gasteiger partial charge is 0.392 e. The number of aliphatic hydroxyl groups is 2. The second-order valence-corrected chi connectivity index (χ2v) is 26.4. The van der Waals surface area contributed by atoms with E-state index in [4.69, 9.17) is 9.47 Å². The SMILES string of the molecule is CC1(CC(O)C2OC2(C)C)CCc2c[nH]c3c(Cc4cc(C5CCCC5)cc(C5CCOCC5)c4)cn(c23)CC2C3=C1C(=O)CC3(C)C1(C)CCC3C(C)(CCC(=O)C3(C)C3CCCC3)C1C2O. The lowest BCUT2D eigenvalue weighted by Crippen LogP contribution is -2.68. The Morgan fingerprint density at radius 2 is 1.51 bits per heavy atom. The number of aryl methyl sites for hydroxylation is 1. The van der Waals surface area contributed by atoms with Crippen LogP contribution in [0.15, 0.2) is 41.7 Å². The van der Waals surface area contributed by atoms with Crippen LogP contribution in [0.5, 0.6) is 0 Å². The van der Waals surface area contributed by atoms with Crippen LogP contribution >= 0.6 is 0 Å². The fourth-order valence-electron chi connectivity index (χ4n) is 18.8. The summed E-state index contributed by atoms with van der Waals surface area (Å²) in [4.78, 5) is 33.8. The van der Waals surface area contributed by atoms with E-state index in [1.54, 1.807) is 0 Å². The highest BCUT2D eigenvalue weighted by atomic mass is 16.6. The molecule has 2 aromatic heterocycles. The van der Waals surface area contributed by atoms with Gasteiger partial charge in [-0.25, -0.2) is 0 Å². The van der Waals surface area contributed by atoms with Gasteiger partial charge in [-0.15, -0.1) is 0 Å². The molecule has 0 amide bonds. The molecule has 3 aromatic rings. The fraction of sp³-hybridized carbons (Fsp3) is 0.733. The van der Waals surface area contributed by atoms with Gasteiger partial charge in [0.15, 0.2) is 5.78 Å². The number of Topliss-reactive ketones (excluding diaryl/α,β-unsaturated/α-hetero) is 2. The highest BCUT2D eigenvalue weighted by Crippen LogP contribution is 2.76. The number of aliphatic hydroxyl groups excluding tert-OH is 2. The van der Waals surface area contributed by atoms with Crippen LogP contribution in [0.25, 0.3) is 11.0 Å². The molecule has 2 saturated heterocycles. The van der Waals surface area contributed by atoms with Crippen molar-refractivity contribution >= 4 is 22.6 Å². The quantitative estimate of drug-likeness (QED) is 0.194. The van der Waals surface area contributed by atoms with Gasteiger partial charge in [-0.3, -0.25) is 9.59 Å². The summed E-state index contributed by atoms with van der Waals surface area (Å²) in [6.45, 7) is 18.3. The van der Waals surface area contributed by atoms with Gasteiger partial charge in [0.25, 0.3) is 0 Å². The van der Waals surface area contributed by atoms with Crippen molar-refractivity contribution in [2.45, 2.75) is 213 Å². The standard InChI is InChI=1S/C60H82N2O6/c1-55(2)54(68-55)45(64)30-56(3)21-16-38-32-61-50-41(28-35-26-39(36-12-8-9-13-36)29-40(27-35)37-19-24-67-25-20-37)33-62(51(38)50)34-43-48-49(56)44(63)31-59(48,6)58(5)23-17-46-57(4,53(58)52(43)66)22-18-47(65)60(46,7)42-14-10-11-15-42/h26-27,29,32-33,36-37,42-43,45-46,52-54,61,64,66H,8-25,28,30-31,34H2,1-7H3. The molecule has 5 saturated carbocycles. The van der Waals surface area contributed by atoms with Gasteiger partial charge in [-0.1, -0.05) is 78.5 Å². The fourth-order valence-corrected chi connectivity index (χ4v) is 18.8. The van der Waals surface area contributed by atoms with Crippen molar-refractivity contribution in [1.29, 1.82) is 0 Å². The zero-order valence-electron chi connectivity index (χ0n) is 42.6. The Labute approximate surface area is 406 Å². The second-order valence-electron chi connectivity index (χ2n) is 26.4. The van der Waals surface area contributed by atoms with Crippen molar-refractivity contribution in [2.24, 2.45) is 50.7 Å². The minimum absolute atomic E-state index is 0.0768. The summed E-state index contributed by atoms with van der Waals surface area (Å²) in [5.74, 6) is 2.06. The minimum Gasteiger partial charge on any atom is -0.392 e. The van der Waals surface area contributed by atoms with E-state index in [2.05, 4.69) is 88.6 Å². The molecule has 12 rings (SSSR count). The lowest BCUT2D eigenvalue weighted by Gasteiger charge is -2.70. The number of aromatic amines is 1. The first-order valence-electron chi connectivity index (χ1n) is 27.6. The second kappa shape index (κ2) is 16.0. The smallest absolute Gasteiger partial charge is 0.160 e. The van der Waals surface area contributed by atoms with Crippen LogP contribution in [0.2, 0.25) is 0 Å². The number of nitrogens with one attached hydrogen (secondary N) is 1. The van der Waals surface area contributed by atoms with Crippen molar-refractivity contribution < 1.29 is 29.3 Å². The van der Waals surface area contributed by atoms with Gasteiger partial charge in [0.1, 0.15) is 11.9 Å². The molecular weight excluding hydrogens is 845 g/mol. The summed E-state index contributed by atoms with van der Waals surface area (Å²) < 4.78 is 14.4. The number of nitrogens with zero attached hydrogens (tertiary/aromatic N) is 1. The molecule has 11 unspecified atom stereocenters. The summed E-state index contributed by atoms with van der Waals surface area (Å²) in [6.07, 6.45) is 21.4. The number of H-pyrrole nitrogens is 1. The molecule has 9 aliphatic rings. The van der Waals surface area contributed by atoms with E-state index in [-0.39, 0.29) is 45.9 Å². The molecule has 3 aliphatic heterocycles. The van der Waals surface area contributed by atoms with E-state index in [0.717, 1.165) is 76.6 Å². The number of fused-ring (bicyclic) bond motifs is 4. The summed E-state index contributed by atoms with van der Waals surface area (Å²) in [7, 11) is 0. The predicted molar refractivity (Wildman–Crippen MR) is 267 cm³/mol. The van der Waals surface area contributed by atoms with Crippen molar-refractivity contribution in [3.63, 3.8) is 0 Å². The maximum atomic E-state index is 15.5. The molecule has 0 spiro atoms. The molecule has 68 heavy (non-hydrogen) atoms. The number of rotatable bonds is 8. The minimum atomic E-state index is -0.712. The normalized spacial score (nSPS) is 40.2. The van der Waals surface area contributed by atoms with Gasteiger partial charge in [0.2, 0.25) is 0 Å². The number of aromatic nitrogens is 2. The van der Waals surface area contributed by atoms with Crippen molar-refractivity contribution in [2.75, 3.05) is 13.2 Å².